The summed E-state index contributed by atoms with van der Waals surface area (Å²) >= 11 is 0. The van der Waals surface area contributed by atoms with Gasteiger partial charge in [-0.05, 0) is 55.5 Å². The van der Waals surface area contributed by atoms with Crippen molar-refractivity contribution in [3.63, 3.8) is 0 Å². The summed E-state index contributed by atoms with van der Waals surface area (Å²) in [5, 5.41) is 35.1. The van der Waals surface area contributed by atoms with Crippen LogP contribution in [-0.2, 0) is 11.2 Å². The Morgan fingerprint density at radius 2 is 1.81 bits per heavy atom. The van der Waals surface area contributed by atoms with Crippen LogP contribution < -0.4 is 10.6 Å². The molecule has 170 valence electrons. The molecule has 0 heterocycles. The number of amides is 1. The van der Waals surface area contributed by atoms with Crippen molar-refractivity contribution in [2.75, 3.05) is 19.7 Å². The Hall–Kier alpha value is -2.41. The molecular weight excluding hydrogens is 392 g/mol. The molecule has 0 aliphatic rings. The quantitative estimate of drug-likeness (QED) is 0.358. The first-order valence-electron chi connectivity index (χ1n) is 10.9. The number of benzene rings is 2. The highest BCUT2D eigenvalue weighted by atomic mass is 16.3. The first-order valence-corrected chi connectivity index (χ1v) is 10.9. The van der Waals surface area contributed by atoms with Crippen LogP contribution in [-0.4, -0.2) is 46.5 Å². The minimum Gasteiger partial charge on any atom is -0.508 e. The summed E-state index contributed by atoms with van der Waals surface area (Å²) in [6.07, 6.45) is 1.71. The summed E-state index contributed by atoms with van der Waals surface area (Å²) in [5.41, 5.74) is 2.58. The van der Waals surface area contributed by atoms with Crippen molar-refractivity contribution in [1.29, 1.82) is 0 Å². The van der Waals surface area contributed by atoms with Crippen LogP contribution in [0.5, 0.6) is 5.75 Å². The maximum absolute atomic E-state index is 12.5. The van der Waals surface area contributed by atoms with E-state index in [1.807, 2.05) is 12.1 Å². The van der Waals surface area contributed by atoms with Crippen molar-refractivity contribution in [2.45, 2.75) is 57.6 Å². The molecule has 0 bridgehead atoms. The Bertz CT molecular complexity index is 821. The third-order valence-electron chi connectivity index (χ3n) is 5.36. The van der Waals surface area contributed by atoms with Gasteiger partial charge in [0.05, 0.1) is 18.6 Å². The first-order chi connectivity index (χ1) is 14.8. The molecule has 0 aliphatic carbocycles. The number of aliphatic hydroxyl groups excluding tert-OH is 2. The van der Waals surface area contributed by atoms with E-state index in [1.165, 1.54) is 0 Å². The van der Waals surface area contributed by atoms with Crippen LogP contribution in [0.1, 0.15) is 62.3 Å². The van der Waals surface area contributed by atoms with Crippen molar-refractivity contribution in [1.82, 2.24) is 10.6 Å². The number of β-amino-alcohol motifs (C(OH)–C–C–N with tert-alkyl or cyclic N) is 1. The van der Waals surface area contributed by atoms with E-state index in [0.717, 1.165) is 36.0 Å². The highest BCUT2D eigenvalue weighted by Crippen LogP contribution is 2.25. The molecule has 0 saturated carbocycles. The van der Waals surface area contributed by atoms with E-state index >= 15 is 0 Å². The second-order valence-corrected chi connectivity index (χ2v) is 8.65. The summed E-state index contributed by atoms with van der Waals surface area (Å²) in [6.45, 7) is 6.81. The van der Waals surface area contributed by atoms with Gasteiger partial charge in [0, 0.05) is 18.6 Å². The molecular formula is C25H36N2O4. The van der Waals surface area contributed by atoms with E-state index in [-0.39, 0.29) is 36.3 Å². The Morgan fingerprint density at radius 3 is 2.45 bits per heavy atom. The zero-order chi connectivity index (χ0) is 22.9. The lowest BCUT2D eigenvalue weighted by Crippen LogP contribution is -2.43. The lowest BCUT2D eigenvalue weighted by atomic mass is 9.88. The number of phenols is 1. The maximum atomic E-state index is 12.5. The zero-order valence-electron chi connectivity index (χ0n) is 18.8. The molecule has 31 heavy (non-hydrogen) atoms. The zero-order valence-corrected chi connectivity index (χ0v) is 18.8. The van der Waals surface area contributed by atoms with Gasteiger partial charge in [-0.2, -0.15) is 0 Å². The highest BCUT2D eigenvalue weighted by molar-refractivity contribution is 5.83. The number of aromatic hydroxyl groups is 1. The Balaban J connectivity index is 2.03. The monoisotopic (exact) mass is 428 g/mol. The van der Waals surface area contributed by atoms with Crippen LogP contribution in [0.15, 0.2) is 48.5 Å². The van der Waals surface area contributed by atoms with Gasteiger partial charge in [-0.15, -0.1) is 0 Å². The number of nitrogens with one attached hydrogen (secondary N) is 2. The van der Waals surface area contributed by atoms with Gasteiger partial charge in [0.15, 0.2) is 0 Å². The van der Waals surface area contributed by atoms with E-state index < -0.39 is 6.10 Å². The van der Waals surface area contributed by atoms with E-state index in [2.05, 4.69) is 43.5 Å². The highest BCUT2D eigenvalue weighted by Gasteiger charge is 2.23. The van der Waals surface area contributed by atoms with Crippen molar-refractivity contribution < 1.29 is 20.1 Å². The number of phenolic OH excluding ortho intramolecular Hbond substituents is 1. The Labute approximate surface area is 185 Å². The molecule has 6 nitrogen and oxygen atoms in total. The standard InChI is InChI=1S/C25H36N2O4/c1-4-6-22(24(31)26-13-14-28)20-8-5-7-18(15-20)16-25(2,3)27-17-23(30)19-9-11-21(29)12-10-19/h5,7-12,15,22-23,27-30H,4,6,13-14,16-17H2,1-3H3,(H,26,31). The molecule has 0 radical (unpaired) electrons. The lowest BCUT2D eigenvalue weighted by molar-refractivity contribution is -0.122. The number of hydrogen-bond acceptors (Lipinski definition) is 5. The normalized spacial score (nSPS) is 13.6. The van der Waals surface area contributed by atoms with Crippen LogP contribution in [0.25, 0.3) is 0 Å². The third kappa shape index (κ3) is 7.98. The van der Waals surface area contributed by atoms with Gasteiger partial charge in [-0.3, -0.25) is 4.79 Å². The summed E-state index contributed by atoms with van der Waals surface area (Å²) < 4.78 is 0. The number of carbonyl (C=O) groups excluding carboxylic acids is 1. The number of rotatable bonds is 12. The molecule has 5 N–H and O–H groups in total. The molecule has 2 aromatic rings. The number of aliphatic hydroxyl groups is 2. The number of carbonyl (C=O) groups is 1. The van der Waals surface area contributed by atoms with E-state index in [4.69, 9.17) is 5.11 Å². The van der Waals surface area contributed by atoms with E-state index in [1.54, 1.807) is 24.3 Å². The molecule has 0 saturated heterocycles. The average Bonchev–Trinajstić information content (AvgIpc) is 2.74. The number of hydrogen-bond donors (Lipinski definition) is 5. The fourth-order valence-corrected chi connectivity index (χ4v) is 3.72. The van der Waals surface area contributed by atoms with Crippen LogP contribution in [0.2, 0.25) is 0 Å². The molecule has 0 aromatic heterocycles. The molecule has 2 rings (SSSR count). The molecule has 2 aromatic carbocycles. The van der Waals surface area contributed by atoms with Crippen LogP contribution in [0, 0.1) is 0 Å². The molecule has 1 amide bonds. The molecule has 0 aliphatic heterocycles. The van der Waals surface area contributed by atoms with Crippen molar-refractivity contribution in [3.05, 3.63) is 65.2 Å². The second kappa shape index (κ2) is 11.8. The Kier molecular flexibility index (Phi) is 9.49. The summed E-state index contributed by atoms with van der Waals surface area (Å²) in [6, 6.07) is 14.7. The van der Waals surface area contributed by atoms with E-state index in [0.29, 0.717) is 6.54 Å². The smallest absolute Gasteiger partial charge is 0.227 e. The third-order valence-corrected chi connectivity index (χ3v) is 5.36. The first kappa shape index (κ1) is 24.9. The Morgan fingerprint density at radius 1 is 1.10 bits per heavy atom. The predicted octanol–water partition coefficient (Wildman–Crippen LogP) is 3.03. The van der Waals surface area contributed by atoms with Gasteiger partial charge < -0.3 is 26.0 Å². The topological polar surface area (TPSA) is 102 Å². The van der Waals surface area contributed by atoms with Crippen molar-refractivity contribution >= 4 is 5.91 Å². The SMILES string of the molecule is CCCC(C(=O)NCCO)c1cccc(CC(C)(C)NCC(O)c2ccc(O)cc2)c1. The molecule has 0 spiro atoms. The average molecular weight is 429 g/mol. The second-order valence-electron chi connectivity index (χ2n) is 8.65. The molecule has 2 unspecified atom stereocenters. The van der Waals surface area contributed by atoms with Gasteiger partial charge in [-0.1, -0.05) is 49.7 Å². The minimum atomic E-state index is -0.671. The van der Waals surface area contributed by atoms with Crippen LogP contribution >= 0.6 is 0 Å². The van der Waals surface area contributed by atoms with Gasteiger partial charge in [0.2, 0.25) is 5.91 Å². The van der Waals surface area contributed by atoms with Gasteiger partial charge in [0.1, 0.15) is 5.75 Å². The summed E-state index contributed by atoms with van der Waals surface area (Å²) in [7, 11) is 0. The molecule has 0 fully saturated rings. The van der Waals surface area contributed by atoms with Crippen LogP contribution in [0.4, 0.5) is 0 Å². The van der Waals surface area contributed by atoms with Crippen molar-refractivity contribution in [2.24, 2.45) is 0 Å². The molecule has 2 atom stereocenters. The predicted molar refractivity (Wildman–Crippen MR) is 123 cm³/mol. The summed E-state index contributed by atoms with van der Waals surface area (Å²) in [4.78, 5) is 12.5. The van der Waals surface area contributed by atoms with Crippen molar-refractivity contribution in [3.8, 4) is 5.75 Å². The fraction of sp³-hybridized carbons (Fsp3) is 0.480. The maximum Gasteiger partial charge on any atom is 0.227 e. The van der Waals surface area contributed by atoms with Gasteiger partial charge >= 0.3 is 0 Å². The van der Waals surface area contributed by atoms with Gasteiger partial charge in [0.25, 0.3) is 0 Å². The fourth-order valence-electron chi connectivity index (χ4n) is 3.72. The van der Waals surface area contributed by atoms with Crippen LogP contribution in [0.3, 0.4) is 0 Å². The van der Waals surface area contributed by atoms with E-state index in [9.17, 15) is 15.0 Å². The summed E-state index contributed by atoms with van der Waals surface area (Å²) in [5.74, 6) is -0.109. The lowest BCUT2D eigenvalue weighted by Gasteiger charge is -2.28. The van der Waals surface area contributed by atoms with Gasteiger partial charge in [-0.25, -0.2) is 0 Å². The molecule has 6 heteroatoms. The minimum absolute atomic E-state index is 0.0533. The largest absolute Gasteiger partial charge is 0.508 e.